The number of hydrogen-bond acceptors (Lipinski definition) is 3. The fourth-order valence-corrected chi connectivity index (χ4v) is 1.84. The van der Waals surface area contributed by atoms with E-state index >= 15 is 0 Å². The van der Waals surface area contributed by atoms with Crippen LogP contribution in [0.5, 0.6) is 11.5 Å². The number of alkyl halides is 4. The Morgan fingerprint density at radius 1 is 1.33 bits per heavy atom. The molecule has 0 aliphatic heterocycles. The first kappa shape index (κ1) is 15.3. The molecule has 7 heteroatoms. The molecule has 0 amide bonds. The van der Waals surface area contributed by atoms with Gasteiger partial charge in [0.1, 0.15) is 11.5 Å². The zero-order chi connectivity index (χ0) is 13.6. The van der Waals surface area contributed by atoms with Crippen LogP contribution in [0.4, 0.5) is 13.2 Å². The van der Waals surface area contributed by atoms with E-state index in [-0.39, 0.29) is 30.0 Å². The molecule has 0 radical (unpaired) electrons. The van der Waals surface area contributed by atoms with Crippen molar-refractivity contribution in [3.05, 3.63) is 23.8 Å². The van der Waals surface area contributed by atoms with Crippen molar-refractivity contribution in [2.45, 2.75) is 11.4 Å². The minimum absolute atomic E-state index is 0.0274. The van der Waals surface area contributed by atoms with Gasteiger partial charge in [-0.1, -0.05) is 0 Å². The van der Waals surface area contributed by atoms with Crippen molar-refractivity contribution in [3.8, 4) is 11.5 Å². The monoisotopic (exact) mass is 300 g/mol. The lowest BCUT2D eigenvalue weighted by Gasteiger charge is -2.11. The van der Waals surface area contributed by atoms with E-state index < -0.39 is 5.51 Å². The van der Waals surface area contributed by atoms with Gasteiger partial charge in [-0.2, -0.15) is 13.2 Å². The average molecular weight is 301 g/mol. The van der Waals surface area contributed by atoms with Crippen LogP contribution in [-0.4, -0.2) is 25.0 Å². The van der Waals surface area contributed by atoms with Gasteiger partial charge in [-0.3, -0.25) is 0 Å². The van der Waals surface area contributed by atoms with Gasteiger partial charge in [0.25, 0.3) is 0 Å². The van der Waals surface area contributed by atoms with Crippen LogP contribution in [0.15, 0.2) is 18.2 Å². The Balaban J connectivity index is 2.51. The van der Waals surface area contributed by atoms with Crippen LogP contribution in [-0.2, 0) is 5.88 Å². The Bertz CT molecular complexity index is 385. The van der Waals surface area contributed by atoms with Gasteiger partial charge in [0, 0.05) is 11.3 Å². The summed E-state index contributed by atoms with van der Waals surface area (Å²) in [6.45, 7) is -0.0274. The highest BCUT2D eigenvalue weighted by atomic mass is 35.5. The quantitative estimate of drug-likeness (QED) is 0.583. The van der Waals surface area contributed by atoms with Crippen molar-refractivity contribution >= 4 is 23.4 Å². The smallest absolute Gasteiger partial charge is 0.441 e. The van der Waals surface area contributed by atoms with Crippen LogP contribution in [0.1, 0.15) is 5.56 Å². The van der Waals surface area contributed by atoms with E-state index in [4.69, 9.17) is 21.1 Å². The van der Waals surface area contributed by atoms with Crippen LogP contribution in [0, 0.1) is 0 Å². The first-order chi connectivity index (χ1) is 8.46. The first-order valence-electron chi connectivity index (χ1n) is 5.02. The van der Waals surface area contributed by atoms with Crippen LogP contribution in [0.2, 0.25) is 0 Å². The standard InChI is InChI=1S/C11H12ClF3O2S/c1-16-9-2-3-10(8(6-9)7-12)17-4-5-18-11(13,14)15/h2-3,6H,4-5,7H2,1H3. The summed E-state index contributed by atoms with van der Waals surface area (Å²) in [5, 5.41) is 0. The lowest BCUT2D eigenvalue weighted by molar-refractivity contribution is -0.0329. The zero-order valence-corrected chi connectivity index (χ0v) is 11.2. The summed E-state index contributed by atoms with van der Waals surface area (Å²) < 4.78 is 46.0. The third-order valence-corrected chi connectivity index (χ3v) is 3.00. The van der Waals surface area contributed by atoms with Crippen molar-refractivity contribution in [2.24, 2.45) is 0 Å². The fraction of sp³-hybridized carbons (Fsp3) is 0.455. The molecule has 0 heterocycles. The van der Waals surface area contributed by atoms with Crippen molar-refractivity contribution < 1.29 is 22.6 Å². The molecule has 0 N–H and O–H groups in total. The van der Waals surface area contributed by atoms with E-state index in [1.54, 1.807) is 18.2 Å². The van der Waals surface area contributed by atoms with Crippen LogP contribution < -0.4 is 9.47 Å². The number of hydrogen-bond donors (Lipinski definition) is 0. The molecule has 0 bridgehead atoms. The van der Waals surface area contributed by atoms with Crippen molar-refractivity contribution in [1.82, 2.24) is 0 Å². The molecule has 18 heavy (non-hydrogen) atoms. The Morgan fingerprint density at radius 2 is 2.06 bits per heavy atom. The van der Waals surface area contributed by atoms with Crippen molar-refractivity contribution in [1.29, 1.82) is 0 Å². The summed E-state index contributed by atoms with van der Waals surface area (Å²) in [5.74, 6) is 1.16. The summed E-state index contributed by atoms with van der Waals surface area (Å²) in [6.07, 6.45) is 0. The van der Waals surface area contributed by atoms with Gasteiger partial charge in [-0.05, 0) is 30.0 Å². The molecule has 0 spiro atoms. The molecule has 1 rings (SSSR count). The van der Waals surface area contributed by atoms with Gasteiger partial charge in [-0.15, -0.1) is 11.6 Å². The van der Waals surface area contributed by atoms with E-state index in [9.17, 15) is 13.2 Å². The molecule has 0 aliphatic rings. The summed E-state index contributed by atoms with van der Waals surface area (Å²) in [4.78, 5) is 0. The summed E-state index contributed by atoms with van der Waals surface area (Å²) >= 11 is 5.62. The molecule has 0 saturated heterocycles. The molecule has 0 saturated carbocycles. The number of benzene rings is 1. The maximum absolute atomic E-state index is 11.9. The van der Waals surface area contributed by atoms with Crippen molar-refractivity contribution in [2.75, 3.05) is 19.5 Å². The van der Waals surface area contributed by atoms with Crippen LogP contribution >= 0.6 is 23.4 Å². The minimum atomic E-state index is -4.22. The average Bonchev–Trinajstić information content (AvgIpc) is 2.33. The number of methoxy groups -OCH3 is 1. The third-order valence-electron chi connectivity index (χ3n) is 2.02. The lowest BCUT2D eigenvalue weighted by atomic mass is 10.2. The fourth-order valence-electron chi connectivity index (χ4n) is 1.24. The van der Waals surface area contributed by atoms with E-state index in [2.05, 4.69) is 0 Å². The van der Waals surface area contributed by atoms with E-state index in [1.807, 2.05) is 0 Å². The topological polar surface area (TPSA) is 18.5 Å². The third kappa shape index (κ3) is 5.27. The summed E-state index contributed by atoms with van der Waals surface area (Å²) in [5.41, 5.74) is -3.54. The number of halogens is 4. The summed E-state index contributed by atoms with van der Waals surface area (Å²) in [6, 6.07) is 5.00. The van der Waals surface area contributed by atoms with E-state index in [0.717, 1.165) is 0 Å². The molecule has 1 aromatic rings. The predicted molar refractivity (Wildman–Crippen MR) is 66.6 cm³/mol. The molecular formula is C11H12ClF3O2S. The van der Waals surface area contributed by atoms with E-state index in [0.29, 0.717) is 17.1 Å². The number of rotatable bonds is 6. The molecule has 2 nitrogen and oxygen atoms in total. The minimum Gasteiger partial charge on any atom is -0.497 e. The maximum Gasteiger partial charge on any atom is 0.441 e. The largest absolute Gasteiger partial charge is 0.497 e. The summed E-state index contributed by atoms with van der Waals surface area (Å²) in [7, 11) is 1.52. The van der Waals surface area contributed by atoms with Gasteiger partial charge >= 0.3 is 5.51 Å². The van der Waals surface area contributed by atoms with Crippen LogP contribution in [0.3, 0.4) is 0 Å². The van der Waals surface area contributed by atoms with Gasteiger partial charge in [0.2, 0.25) is 0 Å². The molecule has 102 valence electrons. The second kappa shape index (κ2) is 6.99. The molecule has 0 atom stereocenters. The number of thioether (sulfide) groups is 1. The second-order valence-electron chi connectivity index (χ2n) is 3.25. The predicted octanol–water partition coefficient (Wildman–Crippen LogP) is 4.07. The van der Waals surface area contributed by atoms with Gasteiger partial charge < -0.3 is 9.47 Å². The van der Waals surface area contributed by atoms with Gasteiger partial charge in [0.15, 0.2) is 0 Å². The molecule has 0 fully saturated rings. The first-order valence-corrected chi connectivity index (χ1v) is 6.54. The highest BCUT2D eigenvalue weighted by Gasteiger charge is 2.27. The van der Waals surface area contributed by atoms with Crippen LogP contribution in [0.25, 0.3) is 0 Å². The molecular weight excluding hydrogens is 289 g/mol. The highest BCUT2D eigenvalue weighted by molar-refractivity contribution is 8.00. The maximum atomic E-state index is 11.9. The highest BCUT2D eigenvalue weighted by Crippen LogP contribution is 2.30. The number of ether oxygens (including phenoxy) is 2. The molecule has 0 aliphatic carbocycles. The molecule has 1 aromatic carbocycles. The second-order valence-corrected chi connectivity index (χ2v) is 4.68. The molecule has 0 aromatic heterocycles. The lowest BCUT2D eigenvalue weighted by Crippen LogP contribution is -2.08. The Morgan fingerprint density at radius 3 is 2.61 bits per heavy atom. The Labute approximate surface area is 112 Å². The SMILES string of the molecule is COc1ccc(OCCSC(F)(F)F)c(CCl)c1. The Kier molecular flexibility index (Phi) is 5.95. The zero-order valence-electron chi connectivity index (χ0n) is 9.59. The van der Waals surface area contributed by atoms with Gasteiger partial charge in [0.05, 0.1) is 19.6 Å². The normalized spacial score (nSPS) is 11.4. The Hall–Kier alpha value is -0.750. The molecule has 0 unspecified atom stereocenters. The van der Waals surface area contributed by atoms with E-state index in [1.165, 1.54) is 7.11 Å². The van der Waals surface area contributed by atoms with Gasteiger partial charge in [-0.25, -0.2) is 0 Å². The van der Waals surface area contributed by atoms with Crippen molar-refractivity contribution in [3.63, 3.8) is 0 Å².